The first kappa shape index (κ1) is 45.8. The molecule has 2 heterocycles. The highest BCUT2D eigenvalue weighted by Gasteiger charge is 2.39. The number of rotatable bonds is 4. The van der Waals surface area contributed by atoms with Crippen LogP contribution in [0.3, 0.4) is 0 Å². The Morgan fingerprint density at radius 2 is 0.786 bits per heavy atom. The Hall–Kier alpha value is -2.91. The van der Waals surface area contributed by atoms with E-state index in [0.717, 1.165) is 85.9 Å². The molecule has 0 N–H and O–H groups in total. The molecule has 0 spiro atoms. The fourth-order valence-electron chi connectivity index (χ4n) is 8.01. The van der Waals surface area contributed by atoms with Gasteiger partial charge in [-0.2, -0.15) is 0 Å². The van der Waals surface area contributed by atoms with Gasteiger partial charge in [0.15, 0.2) is 0 Å². The minimum absolute atomic E-state index is 0.538. The number of aryl methyl sites for hydroxylation is 4. The molecule has 0 unspecified atom stereocenters. The van der Waals surface area contributed by atoms with Gasteiger partial charge in [-0.05, 0) is 97.3 Å². The molecule has 2 aliphatic heterocycles. The molecule has 0 saturated carbocycles. The number of halogens is 2. The summed E-state index contributed by atoms with van der Waals surface area (Å²) in [4.78, 5) is 0. The van der Waals surface area contributed by atoms with Gasteiger partial charge in [-0.25, -0.2) is 0 Å². The predicted molar refractivity (Wildman–Crippen MR) is 261 cm³/mol. The van der Waals surface area contributed by atoms with Gasteiger partial charge in [0.25, 0.3) is 0 Å². The largest absolute Gasteiger partial charge is 0.131 e. The van der Waals surface area contributed by atoms with E-state index in [2.05, 4.69) is 174 Å². The highest BCUT2D eigenvalue weighted by molar-refractivity contribution is 7.00. The van der Waals surface area contributed by atoms with Crippen LogP contribution in [-0.2, 0) is 25.7 Å². The Bertz CT molecular complexity index is 1900. The number of hydrogen-bond donors (Lipinski definition) is 0. The molecular formula is C50H64Cl2Si4. The third-order valence-corrected chi connectivity index (χ3v) is 24.2. The van der Waals surface area contributed by atoms with Crippen LogP contribution in [0.25, 0.3) is 0 Å². The maximum absolute atomic E-state index is 7.38. The maximum Gasteiger partial charge on any atom is 0.131 e. The zero-order chi connectivity index (χ0) is 41.0. The Balaban J connectivity index is 2.16. The first-order valence-electron chi connectivity index (χ1n) is 21.0. The zero-order valence-electron chi connectivity index (χ0n) is 36.0. The Kier molecular flexibility index (Phi) is 16.9. The lowest BCUT2D eigenvalue weighted by molar-refractivity contribution is 0.932. The van der Waals surface area contributed by atoms with E-state index < -0.39 is 32.3 Å². The van der Waals surface area contributed by atoms with E-state index in [1.807, 2.05) is 0 Å². The van der Waals surface area contributed by atoms with Crippen LogP contribution in [0, 0.1) is 46.6 Å². The quantitative estimate of drug-likeness (QED) is 0.163. The van der Waals surface area contributed by atoms with Crippen LogP contribution in [0.4, 0.5) is 0 Å². The summed E-state index contributed by atoms with van der Waals surface area (Å²) in [5.41, 5.74) is 13.0. The summed E-state index contributed by atoms with van der Waals surface area (Å²) in [6.45, 7) is 23.1. The van der Waals surface area contributed by atoms with Gasteiger partial charge in [0, 0.05) is 10.4 Å². The molecule has 0 atom stereocenters. The van der Waals surface area contributed by atoms with E-state index in [-0.39, 0.29) is 0 Å². The molecule has 0 radical (unpaired) electrons. The summed E-state index contributed by atoms with van der Waals surface area (Å²) in [6.07, 6.45) is 17.8. The third-order valence-electron chi connectivity index (χ3n) is 11.3. The van der Waals surface area contributed by atoms with Gasteiger partial charge in [0.2, 0.25) is 0 Å². The normalized spacial score (nSPS) is 19.9. The van der Waals surface area contributed by atoms with Crippen LogP contribution >= 0.6 is 23.2 Å². The van der Waals surface area contributed by atoms with Crippen molar-refractivity contribution < 1.29 is 0 Å². The van der Waals surface area contributed by atoms with E-state index in [4.69, 9.17) is 23.2 Å². The molecule has 0 amide bonds. The second-order valence-electron chi connectivity index (χ2n) is 17.6. The highest BCUT2D eigenvalue weighted by atomic mass is 35.5. The predicted octanol–water partition coefficient (Wildman–Crippen LogP) is 12.5. The zero-order valence-corrected chi connectivity index (χ0v) is 41.5. The second-order valence-corrected chi connectivity index (χ2v) is 37.2. The molecule has 6 bridgehead atoms. The van der Waals surface area contributed by atoms with Crippen LogP contribution in [0.2, 0.25) is 63.5 Å². The smallest absolute Gasteiger partial charge is 0.127 e. The van der Waals surface area contributed by atoms with E-state index in [0.29, 0.717) is 10.1 Å². The minimum Gasteiger partial charge on any atom is -0.127 e. The van der Waals surface area contributed by atoms with E-state index in [9.17, 15) is 0 Å². The van der Waals surface area contributed by atoms with Gasteiger partial charge in [-0.15, -0.1) is 11.1 Å². The molecule has 6 heteroatoms. The van der Waals surface area contributed by atoms with E-state index in [1.54, 1.807) is 0 Å². The lowest BCUT2D eigenvalue weighted by Gasteiger charge is -2.32. The number of allylic oxidation sites excluding steroid dienone is 8. The summed E-state index contributed by atoms with van der Waals surface area (Å²) < 4.78 is 0. The molecule has 2 aromatic rings. The van der Waals surface area contributed by atoms with Crippen molar-refractivity contribution in [3.05, 3.63) is 103 Å². The Morgan fingerprint density at radius 3 is 1.04 bits per heavy atom. The van der Waals surface area contributed by atoms with Gasteiger partial charge < -0.3 is 0 Å². The standard InChI is InChI=1S/C50H64Cl2Si4/c1-11-55(12-2)45-37-41-25-19-15-17-21-27-43-36-44(28-22-18-16-20-26-42(35-41)38-45)40-46(39-43)56(13-3,14-4)50(32-34-54(8,9)10)48(52)30-24-23-29-47(51)49(55)31-33-53(5,6)7/h15-18,35-40H,11-14,19-22,25-28H2,1-10H3/b17-15-,18-16-,49-47+,50-48?. The molecule has 5 rings (SSSR count). The SMILES string of the molecule is CC[Si]1(CC)C(C#C[Si](C)(C)C)=C(Cl)C#CC#C/C(Cl)=C(/C#C[Si](C)(C)C)[Si](CC)(CC)c2cc3cc(c2)CC/C=C\CCc2cc(cc1c2)CC/C=C\CC3. The average Bonchev–Trinajstić information content (AvgIpc) is 3.14. The fraction of sp³-hybridized carbons (Fsp3) is 0.440. The summed E-state index contributed by atoms with van der Waals surface area (Å²) >= 11 is 14.8. The molecule has 0 saturated heterocycles. The monoisotopic (exact) mass is 846 g/mol. The highest BCUT2D eigenvalue weighted by Crippen LogP contribution is 2.32. The number of benzene rings is 2. The fourth-order valence-corrected chi connectivity index (χ4v) is 18.6. The van der Waals surface area contributed by atoms with E-state index in [1.165, 1.54) is 32.6 Å². The number of hydrogen-bond acceptors (Lipinski definition) is 0. The third kappa shape index (κ3) is 12.3. The van der Waals surface area contributed by atoms with Gasteiger partial charge in [0.05, 0.1) is 10.1 Å². The first-order valence-corrected chi connectivity index (χ1v) is 33.6. The molecule has 0 fully saturated rings. The van der Waals surface area contributed by atoms with Crippen LogP contribution in [-0.4, -0.2) is 32.3 Å². The summed E-state index contributed by atoms with van der Waals surface area (Å²) in [6, 6.07) is 18.9. The van der Waals surface area contributed by atoms with Gasteiger partial charge >= 0.3 is 0 Å². The van der Waals surface area contributed by atoms with Gasteiger partial charge in [-0.3, -0.25) is 0 Å². The Labute approximate surface area is 356 Å². The van der Waals surface area contributed by atoms with Crippen LogP contribution < -0.4 is 10.4 Å². The molecular weight excluding hydrogens is 784 g/mol. The van der Waals surface area contributed by atoms with Crippen molar-refractivity contribution in [3.63, 3.8) is 0 Å². The molecule has 294 valence electrons. The van der Waals surface area contributed by atoms with Crippen molar-refractivity contribution >= 4 is 65.9 Å². The Morgan fingerprint density at radius 1 is 0.500 bits per heavy atom. The van der Waals surface area contributed by atoms with Crippen LogP contribution in [0.15, 0.2) is 81.2 Å². The van der Waals surface area contributed by atoms with Crippen molar-refractivity contribution in [1.29, 1.82) is 0 Å². The topological polar surface area (TPSA) is 0 Å². The molecule has 56 heavy (non-hydrogen) atoms. The molecule has 3 aliphatic rings. The molecule has 0 aromatic heterocycles. The maximum atomic E-state index is 7.38. The summed E-state index contributed by atoms with van der Waals surface area (Å²) in [5, 5.41) is 6.03. The second kappa shape index (κ2) is 20.7. The minimum atomic E-state index is -2.41. The number of fused-ring (bicyclic) bond motifs is 13. The van der Waals surface area contributed by atoms with Crippen molar-refractivity contribution in [1.82, 2.24) is 0 Å². The van der Waals surface area contributed by atoms with E-state index >= 15 is 0 Å². The van der Waals surface area contributed by atoms with Crippen molar-refractivity contribution in [2.45, 2.75) is 143 Å². The molecule has 2 aromatic carbocycles. The van der Waals surface area contributed by atoms with Crippen LogP contribution in [0.1, 0.15) is 75.6 Å². The van der Waals surface area contributed by atoms with Crippen molar-refractivity contribution in [3.8, 4) is 46.6 Å². The van der Waals surface area contributed by atoms with Crippen molar-refractivity contribution in [2.24, 2.45) is 0 Å². The molecule has 1 aliphatic carbocycles. The van der Waals surface area contributed by atoms with Crippen LogP contribution in [0.5, 0.6) is 0 Å². The lowest BCUT2D eigenvalue weighted by Crippen LogP contribution is -2.49. The summed E-state index contributed by atoms with van der Waals surface area (Å²) in [7, 11) is -8.28. The van der Waals surface area contributed by atoms with Gasteiger partial charge in [0.1, 0.15) is 32.3 Å². The average molecular weight is 848 g/mol. The van der Waals surface area contributed by atoms with Crippen molar-refractivity contribution in [2.75, 3.05) is 0 Å². The van der Waals surface area contributed by atoms with Gasteiger partial charge in [-0.1, -0.05) is 197 Å². The lowest BCUT2D eigenvalue weighted by atomic mass is 10.0. The summed E-state index contributed by atoms with van der Waals surface area (Å²) in [5.74, 6) is 20.4. The first-order chi connectivity index (χ1) is 26.6. The molecule has 0 nitrogen and oxygen atoms in total.